The molecule has 1 aliphatic rings. The zero-order valence-corrected chi connectivity index (χ0v) is 11.5. The summed E-state index contributed by atoms with van der Waals surface area (Å²) < 4.78 is 2.10. The van der Waals surface area contributed by atoms with Crippen LogP contribution in [-0.2, 0) is 6.54 Å². The van der Waals surface area contributed by atoms with Crippen molar-refractivity contribution in [3.8, 4) is 0 Å². The lowest BCUT2D eigenvalue weighted by molar-refractivity contribution is 0.449. The molecule has 3 rings (SSSR count). The van der Waals surface area contributed by atoms with Crippen molar-refractivity contribution in [1.82, 2.24) is 9.38 Å². The third-order valence-electron chi connectivity index (χ3n) is 4.12. The Morgan fingerprint density at radius 3 is 3.00 bits per heavy atom. The molecule has 4 heteroatoms. The van der Waals surface area contributed by atoms with Crippen molar-refractivity contribution in [2.24, 2.45) is 5.73 Å². The number of imidazole rings is 1. The molecule has 2 aromatic rings. The maximum Gasteiger partial charge on any atom is 0.137 e. The Hall–Kier alpha value is -1.55. The van der Waals surface area contributed by atoms with Crippen LogP contribution >= 0.6 is 0 Å². The van der Waals surface area contributed by atoms with Crippen molar-refractivity contribution in [3.05, 3.63) is 30.2 Å². The summed E-state index contributed by atoms with van der Waals surface area (Å²) in [7, 11) is 0. The van der Waals surface area contributed by atoms with E-state index in [1.807, 2.05) is 6.20 Å². The number of nitrogens with zero attached hydrogens (tertiary/aromatic N) is 3. The summed E-state index contributed by atoms with van der Waals surface area (Å²) in [6.07, 6.45) is 9.41. The highest BCUT2D eigenvalue weighted by molar-refractivity contribution is 5.53. The van der Waals surface area contributed by atoms with Crippen LogP contribution in [0.1, 0.15) is 38.3 Å². The lowest BCUT2D eigenvalue weighted by Gasteiger charge is -2.37. The average Bonchev–Trinajstić information content (AvgIpc) is 2.89. The zero-order valence-electron chi connectivity index (χ0n) is 11.5. The zero-order chi connectivity index (χ0) is 13.2. The quantitative estimate of drug-likeness (QED) is 0.920. The predicted octanol–water partition coefficient (Wildman–Crippen LogP) is 2.56. The summed E-state index contributed by atoms with van der Waals surface area (Å²) in [5, 5.41) is 0. The van der Waals surface area contributed by atoms with Gasteiger partial charge in [-0.25, -0.2) is 4.98 Å². The van der Waals surface area contributed by atoms with Gasteiger partial charge in [0.15, 0.2) is 0 Å². The molecule has 0 radical (unpaired) electrons. The van der Waals surface area contributed by atoms with Crippen molar-refractivity contribution in [2.75, 3.05) is 11.4 Å². The molecule has 0 amide bonds. The molecule has 1 aliphatic heterocycles. The number of pyridine rings is 1. The van der Waals surface area contributed by atoms with E-state index in [0.29, 0.717) is 12.6 Å². The van der Waals surface area contributed by atoms with Gasteiger partial charge < -0.3 is 15.0 Å². The third-order valence-corrected chi connectivity index (χ3v) is 4.12. The van der Waals surface area contributed by atoms with Crippen LogP contribution in [0, 0.1) is 0 Å². The van der Waals surface area contributed by atoms with E-state index in [-0.39, 0.29) is 0 Å². The molecule has 2 aromatic heterocycles. The molecule has 2 N–H and O–H groups in total. The molecule has 1 atom stereocenters. The van der Waals surface area contributed by atoms with E-state index in [4.69, 9.17) is 5.73 Å². The molecule has 1 saturated heterocycles. The predicted molar refractivity (Wildman–Crippen MR) is 78.4 cm³/mol. The third kappa shape index (κ3) is 2.32. The van der Waals surface area contributed by atoms with Gasteiger partial charge in [0.1, 0.15) is 5.65 Å². The first-order valence-corrected chi connectivity index (χ1v) is 7.26. The van der Waals surface area contributed by atoms with Crippen molar-refractivity contribution in [3.63, 3.8) is 0 Å². The van der Waals surface area contributed by atoms with E-state index in [0.717, 1.165) is 11.3 Å². The van der Waals surface area contributed by atoms with Gasteiger partial charge in [0.25, 0.3) is 0 Å². The average molecular weight is 258 g/mol. The second kappa shape index (κ2) is 5.21. The van der Waals surface area contributed by atoms with E-state index in [1.54, 1.807) is 0 Å². The summed E-state index contributed by atoms with van der Waals surface area (Å²) >= 11 is 0. The van der Waals surface area contributed by atoms with Gasteiger partial charge in [-0.15, -0.1) is 0 Å². The number of hydrogen-bond donors (Lipinski definition) is 1. The van der Waals surface area contributed by atoms with E-state index in [1.165, 1.54) is 37.9 Å². The molecular formula is C15H22N4. The van der Waals surface area contributed by atoms with Crippen LogP contribution in [-0.4, -0.2) is 22.0 Å². The maximum absolute atomic E-state index is 5.65. The van der Waals surface area contributed by atoms with Crippen LogP contribution < -0.4 is 10.6 Å². The van der Waals surface area contributed by atoms with Gasteiger partial charge in [0, 0.05) is 31.5 Å². The lowest BCUT2D eigenvalue weighted by Crippen LogP contribution is -2.39. The highest BCUT2D eigenvalue weighted by atomic mass is 15.2. The Bertz CT molecular complexity index is 560. The minimum atomic E-state index is 0.498. The normalized spacial score (nSPS) is 20.1. The Balaban J connectivity index is 1.94. The number of anilines is 1. The molecule has 1 fully saturated rings. The minimum Gasteiger partial charge on any atom is -0.367 e. The van der Waals surface area contributed by atoms with Crippen molar-refractivity contribution in [1.29, 1.82) is 0 Å². The largest absolute Gasteiger partial charge is 0.367 e. The molecule has 4 nitrogen and oxygen atoms in total. The lowest BCUT2D eigenvalue weighted by atomic mass is 9.99. The maximum atomic E-state index is 5.65. The number of fused-ring (bicyclic) bond motifs is 1. The Morgan fingerprint density at radius 2 is 2.21 bits per heavy atom. The highest BCUT2D eigenvalue weighted by Crippen LogP contribution is 2.26. The second-order valence-electron chi connectivity index (χ2n) is 5.34. The molecule has 0 bridgehead atoms. The van der Waals surface area contributed by atoms with Crippen LogP contribution in [0.2, 0.25) is 0 Å². The Kier molecular flexibility index (Phi) is 3.42. The fraction of sp³-hybridized carbons (Fsp3) is 0.533. The van der Waals surface area contributed by atoms with Gasteiger partial charge in [0.05, 0.1) is 11.4 Å². The fourth-order valence-electron chi connectivity index (χ4n) is 3.07. The first-order chi connectivity index (χ1) is 9.31. The van der Waals surface area contributed by atoms with Crippen LogP contribution in [0.15, 0.2) is 24.5 Å². The summed E-state index contributed by atoms with van der Waals surface area (Å²) in [6.45, 7) is 3.95. The molecule has 0 saturated carbocycles. The fourth-order valence-corrected chi connectivity index (χ4v) is 3.07. The SMILES string of the molecule is CCC1CCCCN1c1ccc2nc(CN)cn2c1. The number of aromatic nitrogens is 2. The number of rotatable bonds is 3. The van der Waals surface area contributed by atoms with Crippen molar-refractivity contribution in [2.45, 2.75) is 45.2 Å². The van der Waals surface area contributed by atoms with Gasteiger partial charge in [-0.3, -0.25) is 0 Å². The molecule has 1 unspecified atom stereocenters. The molecule has 102 valence electrons. The van der Waals surface area contributed by atoms with E-state index in [2.05, 4.69) is 39.5 Å². The van der Waals surface area contributed by atoms with Gasteiger partial charge in [-0.05, 0) is 37.8 Å². The summed E-state index contributed by atoms with van der Waals surface area (Å²) in [6, 6.07) is 4.97. The second-order valence-corrected chi connectivity index (χ2v) is 5.34. The van der Waals surface area contributed by atoms with Gasteiger partial charge in [-0.1, -0.05) is 6.92 Å². The standard InChI is InChI=1S/C15H22N4/c1-2-13-5-3-4-8-19(13)14-6-7-15-17-12(9-16)10-18(15)11-14/h6-7,10-11,13H,2-5,8-9,16H2,1H3. The minimum absolute atomic E-state index is 0.498. The molecule has 0 spiro atoms. The van der Waals surface area contributed by atoms with E-state index >= 15 is 0 Å². The van der Waals surface area contributed by atoms with Crippen LogP contribution in [0.5, 0.6) is 0 Å². The van der Waals surface area contributed by atoms with Gasteiger partial charge >= 0.3 is 0 Å². The van der Waals surface area contributed by atoms with E-state index in [9.17, 15) is 0 Å². The smallest absolute Gasteiger partial charge is 0.137 e. The Labute approximate surface area is 114 Å². The molecule has 0 aromatic carbocycles. The molecule has 19 heavy (non-hydrogen) atoms. The molecular weight excluding hydrogens is 236 g/mol. The first kappa shape index (κ1) is 12.5. The summed E-state index contributed by atoms with van der Waals surface area (Å²) in [4.78, 5) is 7.02. The van der Waals surface area contributed by atoms with Gasteiger partial charge in [0.2, 0.25) is 0 Å². The van der Waals surface area contributed by atoms with Crippen LogP contribution in [0.4, 0.5) is 5.69 Å². The van der Waals surface area contributed by atoms with Crippen LogP contribution in [0.3, 0.4) is 0 Å². The van der Waals surface area contributed by atoms with Crippen LogP contribution in [0.25, 0.3) is 5.65 Å². The van der Waals surface area contributed by atoms with Crippen molar-refractivity contribution >= 4 is 11.3 Å². The number of hydrogen-bond acceptors (Lipinski definition) is 3. The number of piperidine rings is 1. The summed E-state index contributed by atoms with van der Waals surface area (Å²) in [5.74, 6) is 0. The molecule has 3 heterocycles. The van der Waals surface area contributed by atoms with Crippen molar-refractivity contribution < 1.29 is 0 Å². The number of nitrogens with two attached hydrogens (primary N) is 1. The van der Waals surface area contributed by atoms with Gasteiger partial charge in [-0.2, -0.15) is 0 Å². The van der Waals surface area contributed by atoms with E-state index < -0.39 is 0 Å². The first-order valence-electron chi connectivity index (χ1n) is 7.26. The Morgan fingerprint density at radius 1 is 1.32 bits per heavy atom. The summed E-state index contributed by atoms with van der Waals surface area (Å²) in [5.41, 5.74) is 8.89. The highest BCUT2D eigenvalue weighted by Gasteiger charge is 2.21. The monoisotopic (exact) mass is 258 g/mol. The topological polar surface area (TPSA) is 46.6 Å². The molecule has 0 aliphatic carbocycles.